The maximum Gasteiger partial charge on any atom is 0.131 e. The summed E-state index contributed by atoms with van der Waals surface area (Å²) in [5.74, 6) is 4.45. The fraction of sp³-hybridized carbons (Fsp3) is 0.0513. The van der Waals surface area contributed by atoms with Gasteiger partial charge in [0.1, 0.15) is 34.5 Å². The van der Waals surface area contributed by atoms with Crippen molar-refractivity contribution in [3.8, 4) is 56.9 Å². The first-order valence-corrected chi connectivity index (χ1v) is 14.8. The van der Waals surface area contributed by atoms with Crippen molar-refractivity contribution < 1.29 is 14.2 Å². The Morgan fingerprint density at radius 2 is 1.04 bits per heavy atom. The maximum absolute atomic E-state index is 6.28. The number of hydrogen-bond acceptors (Lipinski definition) is 6. The lowest BCUT2D eigenvalue weighted by Crippen LogP contribution is -2.21. The van der Waals surface area contributed by atoms with E-state index in [1.807, 2.05) is 121 Å². The Kier molecular flexibility index (Phi) is 7.84. The Morgan fingerprint density at radius 1 is 0.489 bits per heavy atom. The van der Waals surface area contributed by atoms with Gasteiger partial charge in [-0.05, 0) is 83.9 Å². The van der Waals surface area contributed by atoms with Gasteiger partial charge in [0, 0.05) is 49.0 Å². The van der Waals surface area contributed by atoms with Crippen LogP contribution in [-0.2, 0) is 0 Å². The van der Waals surface area contributed by atoms with Gasteiger partial charge in [-0.25, -0.2) is 0 Å². The molecule has 0 radical (unpaired) electrons. The molecule has 0 fully saturated rings. The minimum absolute atomic E-state index is 0.697. The molecule has 0 unspecified atom stereocenters. The van der Waals surface area contributed by atoms with Crippen LogP contribution in [0.2, 0.25) is 0 Å². The molecule has 1 aliphatic heterocycles. The van der Waals surface area contributed by atoms with Crippen LogP contribution in [0.4, 0.5) is 5.69 Å². The summed E-state index contributed by atoms with van der Waals surface area (Å²) in [6.45, 7) is 0.812. The van der Waals surface area contributed by atoms with Crippen molar-refractivity contribution in [1.29, 1.82) is 0 Å². The summed E-state index contributed by atoms with van der Waals surface area (Å²) in [6, 6.07) is 45.6. The second kappa shape index (κ2) is 12.7. The van der Waals surface area contributed by atoms with E-state index < -0.39 is 0 Å². The van der Waals surface area contributed by atoms with Crippen molar-refractivity contribution in [1.82, 2.24) is 9.88 Å². The third kappa shape index (κ3) is 6.81. The predicted octanol–water partition coefficient (Wildman–Crippen LogP) is 9.97. The van der Waals surface area contributed by atoms with E-state index in [1.165, 1.54) is 0 Å². The van der Waals surface area contributed by atoms with Crippen LogP contribution in [0.25, 0.3) is 22.4 Å². The molecule has 0 atom stereocenters. The number of benzene rings is 5. The molecule has 0 saturated heterocycles. The van der Waals surface area contributed by atoms with Crippen LogP contribution in [-0.4, -0.2) is 23.6 Å². The van der Waals surface area contributed by atoms with Crippen LogP contribution in [0, 0.1) is 0 Å². The molecule has 0 spiro atoms. The zero-order valence-electron chi connectivity index (χ0n) is 24.8. The molecular formula is C39H31N3O3. The quantitative estimate of drug-likeness (QED) is 0.167. The molecule has 1 aromatic heterocycles. The highest BCUT2D eigenvalue weighted by Crippen LogP contribution is 2.33. The lowest BCUT2D eigenvalue weighted by Gasteiger charge is -2.19. The van der Waals surface area contributed by atoms with E-state index >= 15 is 0 Å². The summed E-state index contributed by atoms with van der Waals surface area (Å²) < 4.78 is 18.5. The molecule has 7 rings (SSSR count). The fourth-order valence-corrected chi connectivity index (χ4v) is 5.15. The normalized spacial score (nSPS) is 12.3. The van der Waals surface area contributed by atoms with Gasteiger partial charge in [-0.15, -0.1) is 0 Å². The Balaban J connectivity index is 1.07. The van der Waals surface area contributed by atoms with Crippen LogP contribution >= 0.6 is 0 Å². The molecule has 0 aliphatic carbocycles. The molecule has 0 N–H and O–H groups in total. The van der Waals surface area contributed by atoms with E-state index in [1.54, 1.807) is 0 Å². The molecule has 6 aromatic rings. The number of anilines is 1. The number of para-hydroxylation sites is 1. The highest BCUT2D eigenvalue weighted by Gasteiger charge is 2.12. The van der Waals surface area contributed by atoms with Gasteiger partial charge in [-0.1, -0.05) is 54.6 Å². The molecule has 0 saturated carbocycles. The molecule has 45 heavy (non-hydrogen) atoms. The van der Waals surface area contributed by atoms with Gasteiger partial charge in [0.05, 0.1) is 12.4 Å². The Hall–Kier alpha value is -6.01. The lowest BCUT2D eigenvalue weighted by atomic mass is 10.0. The van der Waals surface area contributed by atoms with Crippen molar-refractivity contribution in [2.45, 2.75) is 0 Å². The molecule has 220 valence electrons. The van der Waals surface area contributed by atoms with E-state index in [0.29, 0.717) is 11.5 Å². The van der Waals surface area contributed by atoms with Gasteiger partial charge in [-0.2, -0.15) is 0 Å². The van der Waals surface area contributed by atoms with Gasteiger partial charge < -0.3 is 24.0 Å². The van der Waals surface area contributed by atoms with Crippen LogP contribution < -0.4 is 19.1 Å². The second-order valence-electron chi connectivity index (χ2n) is 10.7. The van der Waals surface area contributed by atoms with Gasteiger partial charge in [-0.3, -0.25) is 4.98 Å². The summed E-state index contributed by atoms with van der Waals surface area (Å²) in [4.78, 5) is 8.98. The van der Waals surface area contributed by atoms with Crippen LogP contribution in [0.1, 0.15) is 0 Å². The highest BCUT2D eigenvalue weighted by molar-refractivity contribution is 5.72. The van der Waals surface area contributed by atoms with Crippen molar-refractivity contribution in [3.05, 3.63) is 158 Å². The first-order valence-electron chi connectivity index (χ1n) is 14.8. The highest BCUT2D eigenvalue weighted by atomic mass is 16.5. The number of ether oxygens (including phenoxy) is 3. The number of rotatable bonds is 9. The number of nitrogens with zero attached hydrogens (tertiary/aromatic N) is 3. The van der Waals surface area contributed by atoms with E-state index in [2.05, 4.69) is 58.5 Å². The topological polar surface area (TPSA) is 47.1 Å². The Bertz CT molecular complexity index is 1960. The summed E-state index contributed by atoms with van der Waals surface area (Å²) in [5.41, 5.74) is 4.97. The van der Waals surface area contributed by atoms with Crippen molar-refractivity contribution in [2.75, 3.05) is 18.6 Å². The molecule has 2 heterocycles. The Morgan fingerprint density at radius 3 is 1.76 bits per heavy atom. The second-order valence-corrected chi connectivity index (χ2v) is 10.7. The van der Waals surface area contributed by atoms with Crippen LogP contribution in [0.3, 0.4) is 0 Å². The summed E-state index contributed by atoms with van der Waals surface area (Å²) >= 11 is 0. The molecular weight excluding hydrogens is 558 g/mol. The molecule has 6 heteroatoms. The fourth-order valence-electron chi connectivity index (χ4n) is 5.15. The summed E-state index contributed by atoms with van der Waals surface area (Å²) in [7, 11) is 2.05. The average molecular weight is 590 g/mol. The monoisotopic (exact) mass is 589 g/mol. The molecule has 5 aromatic carbocycles. The first-order chi connectivity index (χ1) is 22.1. The molecule has 0 amide bonds. The number of pyridine rings is 1. The van der Waals surface area contributed by atoms with Gasteiger partial charge in [0.25, 0.3) is 0 Å². The van der Waals surface area contributed by atoms with E-state index in [9.17, 15) is 0 Å². The molecule has 1 aliphatic rings. The van der Waals surface area contributed by atoms with Gasteiger partial charge in [0.15, 0.2) is 0 Å². The third-order valence-electron chi connectivity index (χ3n) is 7.34. The largest absolute Gasteiger partial charge is 0.457 e. The van der Waals surface area contributed by atoms with Crippen molar-refractivity contribution in [3.63, 3.8) is 0 Å². The zero-order chi connectivity index (χ0) is 30.4. The molecule has 0 bridgehead atoms. The van der Waals surface area contributed by atoms with Crippen molar-refractivity contribution >= 4 is 5.69 Å². The van der Waals surface area contributed by atoms with E-state index in [4.69, 9.17) is 14.2 Å². The van der Waals surface area contributed by atoms with Crippen molar-refractivity contribution in [2.24, 2.45) is 0 Å². The predicted molar refractivity (Wildman–Crippen MR) is 179 cm³/mol. The zero-order valence-corrected chi connectivity index (χ0v) is 24.8. The average Bonchev–Trinajstić information content (AvgIpc) is 3.52. The Labute approximate surface area is 263 Å². The lowest BCUT2D eigenvalue weighted by molar-refractivity contribution is 0.460. The van der Waals surface area contributed by atoms with Gasteiger partial charge in [0.2, 0.25) is 0 Å². The summed E-state index contributed by atoms with van der Waals surface area (Å²) in [5, 5.41) is 0. The standard InChI is InChI=1S/C39H31N3O3/c1-41-21-22-42(28-41)32-11-7-16-36(26-32)44-35-15-6-10-31(24-35)39-25-30(19-20-40-39)29-9-5-14-34(23-29)45-38-18-8-17-37(27-38)43-33-12-3-2-4-13-33/h2-27H,28H2,1H3. The third-order valence-corrected chi connectivity index (χ3v) is 7.34. The van der Waals surface area contributed by atoms with E-state index in [-0.39, 0.29) is 0 Å². The SMILES string of the molecule is CN1C=CN(c2cccc(Oc3cccc(-c4cc(-c5cccc(Oc6cccc(Oc7ccccc7)c6)c5)ccn4)c3)c2)C1. The van der Waals surface area contributed by atoms with Crippen LogP contribution in [0.5, 0.6) is 34.5 Å². The van der Waals surface area contributed by atoms with Crippen LogP contribution in [0.15, 0.2) is 158 Å². The number of aromatic nitrogens is 1. The maximum atomic E-state index is 6.28. The van der Waals surface area contributed by atoms with Gasteiger partial charge >= 0.3 is 0 Å². The van der Waals surface area contributed by atoms with E-state index in [0.717, 1.165) is 57.7 Å². The molecule has 6 nitrogen and oxygen atoms in total. The minimum Gasteiger partial charge on any atom is -0.457 e. The minimum atomic E-state index is 0.697. The number of hydrogen-bond donors (Lipinski definition) is 0. The smallest absolute Gasteiger partial charge is 0.131 e. The summed E-state index contributed by atoms with van der Waals surface area (Å²) in [6.07, 6.45) is 5.96. The first kappa shape index (κ1) is 27.8.